The Morgan fingerprint density at radius 2 is 1.86 bits per heavy atom. The van der Waals surface area contributed by atoms with Crippen molar-refractivity contribution in [1.82, 2.24) is 4.90 Å². The molecule has 0 aliphatic carbocycles. The van der Waals surface area contributed by atoms with Crippen LogP contribution in [-0.2, 0) is 13.1 Å². The van der Waals surface area contributed by atoms with Crippen molar-refractivity contribution in [2.75, 3.05) is 7.05 Å². The highest BCUT2D eigenvalue weighted by Crippen LogP contribution is 2.16. The first-order valence-electron chi connectivity index (χ1n) is 6.47. The van der Waals surface area contributed by atoms with Gasteiger partial charge in [0.05, 0.1) is 0 Å². The van der Waals surface area contributed by atoms with Crippen molar-refractivity contribution in [3.8, 4) is 0 Å². The molecule has 0 fully saturated rings. The summed E-state index contributed by atoms with van der Waals surface area (Å²) < 4.78 is 27.4. The van der Waals surface area contributed by atoms with Gasteiger partial charge in [0.2, 0.25) is 0 Å². The van der Waals surface area contributed by atoms with E-state index in [0.717, 1.165) is 5.56 Å². The van der Waals surface area contributed by atoms with E-state index in [1.165, 1.54) is 12.1 Å². The van der Waals surface area contributed by atoms with E-state index in [0.29, 0.717) is 18.7 Å². The highest BCUT2D eigenvalue weighted by atomic mass is 32.1. The van der Waals surface area contributed by atoms with E-state index in [9.17, 15) is 8.78 Å². The number of benzene rings is 2. The standard InChI is InChI=1S/C16H16F2N2S/c1-20(9-11-4-2-6-13(17)8-11)10-12-5-3-7-14(15(12)18)16(19)21/h2-8H,9-10H2,1H3,(H2,19,21). The summed E-state index contributed by atoms with van der Waals surface area (Å²) in [6.45, 7) is 0.910. The predicted octanol–water partition coefficient (Wildman–Crippen LogP) is 3.23. The van der Waals surface area contributed by atoms with E-state index >= 15 is 0 Å². The smallest absolute Gasteiger partial charge is 0.137 e. The molecule has 21 heavy (non-hydrogen) atoms. The molecule has 0 atom stereocenters. The Balaban J connectivity index is 2.11. The number of hydrogen-bond donors (Lipinski definition) is 1. The number of rotatable bonds is 5. The second-order valence-electron chi connectivity index (χ2n) is 4.95. The van der Waals surface area contributed by atoms with Gasteiger partial charge in [-0.3, -0.25) is 4.90 Å². The van der Waals surface area contributed by atoms with Crippen LogP contribution >= 0.6 is 12.2 Å². The van der Waals surface area contributed by atoms with Crippen LogP contribution in [0, 0.1) is 11.6 Å². The van der Waals surface area contributed by atoms with E-state index in [4.69, 9.17) is 18.0 Å². The molecule has 0 aromatic heterocycles. The molecular weight excluding hydrogens is 290 g/mol. The van der Waals surface area contributed by atoms with Crippen molar-refractivity contribution in [3.05, 3.63) is 70.8 Å². The molecule has 0 aliphatic heterocycles. The van der Waals surface area contributed by atoms with Gasteiger partial charge in [-0.1, -0.05) is 36.5 Å². The quantitative estimate of drug-likeness (QED) is 0.860. The fourth-order valence-corrected chi connectivity index (χ4v) is 2.34. The summed E-state index contributed by atoms with van der Waals surface area (Å²) in [5, 5.41) is 0. The van der Waals surface area contributed by atoms with Crippen LogP contribution in [0.1, 0.15) is 16.7 Å². The Morgan fingerprint density at radius 1 is 1.14 bits per heavy atom. The predicted molar refractivity (Wildman–Crippen MR) is 83.9 cm³/mol. The molecule has 0 bridgehead atoms. The highest BCUT2D eigenvalue weighted by Gasteiger charge is 2.12. The lowest BCUT2D eigenvalue weighted by atomic mass is 10.1. The third-order valence-corrected chi connectivity index (χ3v) is 3.35. The zero-order chi connectivity index (χ0) is 15.4. The molecule has 0 saturated carbocycles. The Kier molecular flexibility index (Phi) is 4.98. The third-order valence-electron chi connectivity index (χ3n) is 3.13. The van der Waals surface area contributed by atoms with Crippen LogP contribution < -0.4 is 5.73 Å². The largest absolute Gasteiger partial charge is 0.389 e. The summed E-state index contributed by atoms with van der Waals surface area (Å²) in [7, 11) is 1.85. The Morgan fingerprint density at radius 3 is 2.52 bits per heavy atom. The first kappa shape index (κ1) is 15.5. The zero-order valence-electron chi connectivity index (χ0n) is 11.6. The fourth-order valence-electron chi connectivity index (χ4n) is 2.19. The van der Waals surface area contributed by atoms with Crippen molar-refractivity contribution in [1.29, 1.82) is 0 Å². The SMILES string of the molecule is CN(Cc1cccc(F)c1)Cc1cccc(C(N)=S)c1F. The van der Waals surface area contributed by atoms with Crippen molar-refractivity contribution < 1.29 is 8.78 Å². The first-order chi connectivity index (χ1) is 9.97. The first-order valence-corrected chi connectivity index (χ1v) is 6.88. The summed E-state index contributed by atoms with van der Waals surface area (Å²) in [5.74, 6) is -0.668. The van der Waals surface area contributed by atoms with Crippen LogP contribution in [0.5, 0.6) is 0 Å². The number of hydrogen-bond acceptors (Lipinski definition) is 2. The second-order valence-corrected chi connectivity index (χ2v) is 5.38. The molecule has 0 amide bonds. The van der Waals surface area contributed by atoms with E-state index in [-0.39, 0.29) is 16.4 Å². The van der Waals surface area contributed by atoms with Crippen molar-refractivity contribution in [3.63, 3.8) is 0 Å². The van der Waals surface area contributed by atoms with Crippen LogP contribution in [0.3, 0.4) is 0 Å². The van der Waals surface area contributed by atoms with Gasteiger partial charge < -0.3 is 5.73 Å². The molecule has 2 rings (SSSR count). The molecule has 0 radical (unpaired) electrons. The van der Waals surface area contributed by atoms with Gasteiger partial charge in [0.1, 0.15) is 16.6 Å². The van der Waals surface area contributed by atoms with Crippen LogP contribution in [0.4, 0.5) is 8.78 Å². The Hall–Kier alpha value is -1.85. The molecule has 2 aromatic rings. The van der Waals surface area contributed by atoms with Crippen LogP contribution in [0.25, 0.3) is 0 Å². The molecule has 0 spiro atoms. The lowest BCUT2D eigenvalue weighted by molar-refractivity contribution is 0.313. The minimum absolute atomic E-state index is 0.0436. The Bertz CT molecular complexity index is 658. The third kappa shape index (κ3) is 4.06. The summed E-state index contributed by atoms with van der Waals surface area (Å²) in [5.41, 5.74) is 7.09. The van der Waals surface area contributed by atoms with Crippen LogP contribution in [0.15, 0.2) is 42.5 Å². The van der Waals surface area contributed by atoms with Gasteiger partial charge in [-0.25, -0.2) is 8.78 Å². The highest BCUT2D eigenvalue weighted by molar-refractivity contribution is 7.80. The van der Waals surface area contributed by atoms with Crippen LogP contribution in [0.2, 0.25) is 0 Å². The second kappa shape index (κ2) is 6.74. The normalized spacial score (nSPS) is 10.9. The van der Waals surface area contributed by atoms with Gasteiger partial charge in [-0.2, -0.15) is 0 Å². The topological polar surface area (TPSA) is 29.3 Å². The van der Waals surface area contributed by atoms with Gasteiger partial charge in [-0.05, 0) is 30.8 Å². The van der Waals surface area contributed by atoms with Gasteiger partial charge >= 0.3 is 0 Å². The maximum absolute atomic E-state index is 14.2. The molecule has 0 aliphatic rings. The summed E-state index contributed by atoms with van der Waals surface area (Å²) >= 11 is 4.82. The van der Waals surface area contributed by atoms with Gasteiger partial charge in [-0.15, -0.1) is 0 Å². The number of halogens is 2. The number of nitrogens with two attached hydrogens (primary N) is 1. The lowest BCUT2D eigenvalue weighted by Crippen LogP contribution is -2.20. The van der Waals surface area contributed by atoms with Crippen LogP contribution in [-0.4, -0.2) is 16.9 Å². The summed E-state index contributed by atoms with van der Waals surface area (Å²) in [4.78, 5) is 1.94. The average Bonchev–Trinajstić information content (AvgIpc) is 2.40. The van der Waals surface area contributed by atoms with E-state index in [2.05, 4.69) is 0 Å². The minimum atomic E-state index is -0.393. The van der Waals surface area contributed by atoms with Gasteiger partial charge in [0.15, 0.2) is 0 Å². The molecular formula is C16H16F2N2S. The number of thiocarbonyl (C=S) groups is 1. The maximum atomic E-state index is 14.2. The summed E-state index contributed by atoms with van der Waals surface area (Å²) in [6.07, 6.45) is 0. The fraction of sp³-hybridized carbons (Fsp3) is 0.188. The Labute approximate surface area is 128 Å². The zero-order valence-corrected chi connectivity index (χ0v) is 12.5. The molecule has 0 unspecified atom stereocenters. The van der Waals surface area contributed by atoms with Gasteiger partial charge in [0, 0.05) is 24.2 Å². The van der Waals surface area contributed by atoms with Crippen molar-refractivity contribution in [2.45, 2.75) is 13.1 Å². The molecule has 0 heterocycles. The molecule has 2 aromatic carbocycles. The monoisotopic (exact) mass is 306 g/mol. The molecule has 0 saturated heterocycles. The minimum Gasteiger partial charge on any atom is -0.389 e. The van der Waals surface area contributed by atoms with E-state index < -0.39 is 5.82 Å². The molecule has 2 N–H and O–H groups in total. The average molecular weight is 306 g/mol. The molecule has 110 valence electrons. The molecule has 2 nitrogen and oxygen atoms in total. The lowest BCUT2D eigenvalue weighted by Gasteiger charge is -2.18. The van der Waals surface area contributed by atoms with Gasteiger partial charge in [0.25, 0.3) is 0 Å². The van der Waals surface area contributed by atoms with Crippen molar-refractivity contribution >= 4 is 17.2 Å². The molecule has 5 heteroatoms. The van der Waals surface area contributed by atoms with E-state index in [1.54, 1.807) is 24.3 Å². The summed E-state index contributed by atoms with van der Waals surface area (Å²) in [6, 6.07) is 11.3. The number of nitrogens with zero attached hydrogens (tertiary/aromatic N) is 1. The van der Waals surface area contributed by atoms with E-state index in [1.807, 2.05) is 18.0 Å². The maximum Gasteiger partial charge on any atom is 0.137 e. The van der Waals surface area contributed by atoms with Crippen molar-refractivity contribution in [2.24, 2.45) is 5.73 Å².